The minimum atomic E-state index is -0.155. The average Bonchev–Trinajstić information content (AvgIpc) is 2.68. The molecular weight excluding hydrogens is 196 g/mol. The highest BCUT2D eigenvalue weighted by Gasteiger charge is 2.07. The Morgan fingerprint density at radius 3 is 3.07 bits per heavy atom. The summed E-state index contributed by atoms with van der Waals surface area (Å²) in [5.41, 5.74) is 0.568. The van der Waals surface area contributed by atoms with Gasteiger partial charge in [0, 0.05) is 17.8 Å². The van der Waals surface area contributed by atoms with Crippen molar-refractivity contribution in [1.82, 2.24) is 20.4 Å². The number of hydrogen-bond donors (Lipinski definition) is 2. The molecule has 0 radical (unpaired) electrons. The van der Waals surface area contributed by atoms with Gasteiger partial charge in [0.15, 0.2) is 0 Å². The monoisotopic (exact) mass is 206 g/mol. The first kappa shape index (κ1) is 9.60. The molecule has 0 aliphatic heterocycles. The Bertz CT molecular complexity index is 482. The van der Waals surface area contributed by atoms with Crippen molar-refractivity contribution < 1.29 is 4.52 Å². The van der Waals surface area contributed by atoms with E-state index in [1.54, 1.807) is 19.3 Å². The molecule has 78 valence electrons. The third kappa shape index (κ3) is 2.10. The predicted octanol–water partition coefficient (Wildman–Crippen LogP) is 0.144. The van der Waals surface area contributed by atoms with Crippen LogP contribution in [-0.2, 0) is 6.54 Å². The van der Waals surface area contributed by atoms with Gasteiger partial charge in [-0.2, -0.15) is 4.98 Å². The van der Waals surface area contributed by atoms with Crippen LogP contribution < -0.4 is 10.9 Å². The van der Waals surface area contributed by atoms with Crippen molar-refractivity contribution in [1.29, 1.82) is 0 Å². The Labute approximate surface area is 85.3 Å². The molecular formula is C9H10N4O2. The summed E-state index contributed by atoms with van der Waals surface area (Å²) in [6, 6.07) is 3.07. The maximum atomic E-state index is 10.8. The van der Waals surface area contributed by atoms with Gasteiger partial charge in [0.1, 0.15) is 0 Å². The quantitative estimate of drug-likeness (QED) is 0.746. The Hall–Kier alpha value is -1.95. The van der Waals surface area contributed by atoms with Crippen LogP contribution in [0.2, 0.25) is 0 Å². The number of aromatic amines is 1. The fourth-order valence-electron chi connectivity index (χ4n) is 1.14. The molecule has 0 saturated carbocycles. The van der Waals surface area contributed by atoms with Crippen molar-refractivity contribution in [2.24, 2.45) is 0 Å². The van der Waals surface area contributed by atoms with E-state index in [4.69, 9.17) is 4.52 Å². The first-order valence-electron chi connectivity index (χ1n) is 4.46. The molecule has 0 aliphatic carbocycles. The molecule has 2 aromatic rings. The molecule has 0 aromatic carbocycles. The van der Waals surface area contributed by atoms with Crippen molar-refractivity contribution in [2.45, 2.75) is 6.54 Å². The second-order valence-electron chi connectivity index (χ2n) is 2.98. The van der Waals surface area contributed by atoms with Gasteiger partial charge >= 0.3 is 0 Å². The third-order valence-electron chi connectivity index (χ3n) is 1.84. The van der Waals surface area contributed by atoms with Crippen LogP contribution in [0.5, 0.6) is 0 Å². The van der Waals surface area contributed by atoms with Gasteiger partial charge in [0.25, 0.3) is 0 Å². The minimum absolute atomic E-state index is 0.155. The smallest absolute Gasteiger partial charge is 0.247 e. The fourth-order valence-corrected chi connectivity index (χ4v) is 1.14. The predicted molar refractivity (Wildman–Crippen MR) is 53.1 cm³/mol. The number of nitrogens with one attached hydrogen (secondary N) is 2. The Morgan fingerprint density at radius 2 is 2.40 bits per heavy atom. The van der Waals surface area contributed by atoms with Crippen molar-refractivity contribution in [3.05, 3.63) is 34.6 Å². The van der Waals surface area contributed by atoms with Crippen LogP contribution in [0, 0.1) is 0 Å². The topological polar surface area (TPSA) is 83.8 Å². The van der Waals surface area contributed by atoms with Crippen LogP contribution in [0.25, 0.3) is 11.4 Å². The minimum Gasteiger partial charge on any atom is -0.338 e. The molecule has 2 rings (SSSR count). The Balaban J connectivity index is 2.29. The zero-order valence-corrected chi connectivity index (χ0v) is 8.15. The van der Waals surface area contributed by atoms with Gasteiger partial charge in [0.05, 0.1) is 6.54 Å². The first-order chi connectivity index (χ1) is 7.29. The van der Waals surface area contributed by atoms with Gasteiger partial charge in [-0.05, 0) is 13.1 Å². The van der Waals surface area contributed by atoms with Crippen LogP contribution in [-0.4, -0.2) is 22.2 Å². The maximum absolute atomic E-state index is 10.8. The molecule has 0 spiro atoms. The van der Waals surface area contributed by atoms with E-state index in [2.05, 4.69) is 20.4 Å². The average molecular weight is 206 g/mol. The lowest BCUT2D eigenvalue weighted by Gasteiger charge is -1.90. The van der Waals surface area contributed by atoms with Crippen LogP contribution in [0.1, 0.15) is 5.89 Å². The van der Waals surface area contributed by atoms with E-state index in [-0.39, 0.29) is 5.56 Å². The zero-order valence-electron chi connectivity index (χ0n) is 8.15. The SMILES string of the molecule is CNCc1nc(-c2ccc(=O)[nH]c2)no1. The summed E-state index contributed by atoms with van der Waals surface area (Å²) in [4.78, 5) is 17.5. The van der Waals surface area contributed by atoms with E-state index in [1.807, 2.05) is 0 Å². The molecule has 0 atom stereocenters. The summed E-state index contributed by atoms with van der Waals surface area (Å²) >= 11 is 0. The normalized spacial score (nSPS) is 10.5. The molecule has 0 saturated heterocycles. The van der Waals surface area contributed by atoms with E-state index in [9.17, 15) is 4.79 Å². The second-order valence-corrected chi connectivity index (χ2v) is 2.98. The highest BCUT2D eigenvalue weighted by Crippen LogP contribution is 2.12. The van der Waals surface area contributed by atoms with Crippen LogP contribution >= 0.6 is 0 Å². The van der Waals surface area contributed by atoms with E-state index in [0.717, 1.165) is 5.56 Å². The van der Waals surface area contributed by atoms with Crippen LogP contribution in [0.3, 0.4) is 0 Å². The Morgan fingerprint density at radius 1 is 1.53 bits per heavy atom. The second kappa shape index (κ2) is 4.05. The van der Waals surface area contributed by atoms with Crippen LogP contribution in [0.4, 0.5) is 0 Å². The van der Waals surface area contributed by atoms with Crippen molar-refractivity contribution in [3.8, 4) is 11.4 Å². The van der Waals surface area contributed by atoms with Crippen molar-refractivity contribution >= 4 is 0 Å². The van der Waals surface area contributed by atoms with E-state index < -0.39 is 0 Å². The summed E-state index contributed by atoms with van der Waals surface area (Å²) < 4.78 is 4.97. The third-order valence-corrected chi connectivity index (χ3v) is 1.84. The molecule has 0 fully saturated rings. The summed E-state index contributed by atoms with van der Waals surface area (Å²) in [6.07, 6.45) is 1.55. The summed E-state index contributed by atoms with van der Waals surface area (Å²) in [5, 5.41) is 6.69. The number of nitrogens with zero attached hydrogens (tertiary/aromatic N) is 2. The van der Waals surface area contributed by atoms with E-state index >= 15 is 0 Å². The molecule has 15 heavy (non-hydrogen) atoms. The lowest BCUT2D eigenvalue weighted by molar-refractivity contribution is 0.372. The first-order valence-corrected chi connectivity index (χ1v) is 4.46. The largest absolute Gasteiger partial charge is 0.338 e. The van der Waals surface area contributed by atoms with Gasteiger partial charge in [-0.25, -0.2) is 0 Å². The standard InChI is InChI=1S/C9H10N4O2/c1-10-5-8-12-9(13-15-8)6-2-3-7(14)11-4-6/h2-4,10H,5H2,1H3,(H,11,14). The molecule has 6 nitrogen and oxygen atoms in total. The number of H-pyrrole nitrogens is 1. The van der Waals surface area contributed by atoms with Gasteiger partial charge in [-0.3, -0.25) is 4.79 Å². The Kier molecular flexibility index (Phi) is 2.59. The highest BCUT2D eigenvalue weighted by molar-refractivity contribution is 5.51. The number of rotatable bonds is 3. The molecule has 6 heteroatoms. The molecule has 2 N–H and O–H groups in total. The van der Waals surface area contributed by atoms with Gasteiger partial charge in [-0.15, -0.1) is 0 Å². The van der Waals surface area contributed by atoms with Crippen LogP contribution in [0.15, 0.2) is 27.6 Å². The number of aromatic nitrogens is 3. The molecule has 2 aromatic heterocycles. The molecule has 0 bridgehead atoms. The molecule has 2 heterocycles. The maximum Gasteiger partial charge on any atom is 0.247 e. The summed E-state index contributed by atoms with van der Waals surface area (Å²) in [5.74, 6) is 0.982. The van der Waals surface area contributed by atoms with Crippen molar-refractivity contribution in [3.63, 3.8) is 0 Å². The zero-order chi connectivity index (χ0) is 10.7. The number of hydrogen-bond acceptors (Lipinski definition) is 5. The highest BCUT2D eigenvalue weighted by atomic mass is 16.5. The number of pyridine rings is 1. The van der Waals surface area contributed by atoms with E-state index in [1.165, 1.54) is 6.07 Å². The molecule has 0 amide bonds. The van der Waals surface area contributed by atoms with Gasteiger partial charge in [-0.1, -0.05) is 5.16 Å². The summed E-state index contributed by atoms with van der Waals surface area (Å²) in [7, 11) is 1.80. The van der Waals surface area contributed by atoms with Gasteiger partial charge in [0.2, 0.25) is 17.3 Å². The van der Waals surface area contributed by atoms with Crippen molar-refractivity contribution in [2.75, 3.05) is 7.05 Å². The lowest BCUT2D eigenvalue weighted by atomic mass is 10.3. The lowest BCUT2D eigenvalue weighted by Crippen LogP contribution is -2.05. The summed E-state index contributed by atoms with van der Waals surface area (Å²) in [6.45, 7) is 0.524. The molecule has 0 aliphatic rings. The molecule has 0 unspecified atom stereocenters. The van der Waals surface area contributed by atoms with Gasteiger partial charge < -0.3 is 14.8 Å². The van der Waals surface area contributed by atoms with E-state index in [0.29, 0.717) is 18.3 Å². The fraction of sp³-hybridized carbons (Fsp3) is 0.222.